The molecule has 0 saturated carbocycles. The molecule has 114 valence electrons. The van der Waals surface area contributed by atoms with Crippen molar-refractivity contribution in [1.82, 2.24) is 5.32 Å². The molecule has 0 radical (unpaired) electrons. The topological polar surface area (TPSA) is 28.4 Å². The second kappa shape index (κ2) is 7.14. The molecule has 0 amide bonds. The van der Waals surface area contributed by atoms with Crippen molar-refractivity contribution in [2.24, 2.45) is 0 Å². The standard InChI is InChI=1S/C17H23BrN2O/c1-12(2)19-10-14-6-8-17(16(18)9-14)20(4)11-15-7-5-13(3)21-15/h5-9,12,19H,10-11H2,1-4H3. The zero-order chi connectivity index (χ0) is 15.4. The van der Waals surface area contributed by atoms with Crippen LogP contribution in [-0.4, -0.2) is 13.1 Å². The Bertz CT molecular complexity index is 592. The van der Waals surface area contributed by atoms with E-state index in [4.69, 9.17) is 4.42 Å². The van der Waals surface area contributed by atoms with Crippen LogP contribution in [0.1, 0.15) is 30.9 Å². The van der Waals surface area contributed by atoms with E-state index in [9.17, 15) is 0 Å². The third-order valence-corrected chi connectivity index (χ3v) is 3.96. The van der Waals surface area contributed by atoms with Crippen molar-refractivity contribution in [3.8, 4) is 0 Å². The van der Waals surface area contributed by atoms with Gasteiger partial charge in [0.1, 0.15) is 11.5 Å². The van der Waals surface area contributed by atoms with Gasteiger partial charge in [-0.25, -0.2) is 0 Å². The minimum atomic E-state index is 0.494. The van der Waals surface area contributed by atoms with E-state index < -0.39 is 0 Å². The molecule has 0 aliphatic carbocycles. The monoisotopic (exact) mass is 350 g/mol. The fourth-order valence-corrected chi connectivity index (χ4v) is 2.91. The van der Waals surface area contributed by atoms with E-state index in [0.717, 1.165) is 34.8 Å². The number of nitrogens with zero attached hydrogens (tertiary/aromatic N) is 1. The number of halogens is 1. The first kappa shape index (κ1) is 16.1. The number of hydrogen-bond donors (Lipinski definition) is 1. The van der Waals surface area contributed by atoms with Gasteiger partial charge in [-0.05, 0) is 52.7 Å². The molecule has 0 bridgehead atoms. The highest BCUT2D eigenvalue weighted by Crippen LogP contribution is 2.28. The third-order valence-electron chi connectivity index (χ3n) is 3.33. The molecule has 0 saturated heterocycles. The number of anilines is 1. The van der Waals surface area contributed by atoms with Gasteiger partial charge in [-0.3, -0.25) is 0 Å². The van der Waals surface area contributed by atoms with Crippen LogP contribution >= 0.6 is 15.9 Å². The number of furan rings is 1. The summed E-state index contributed by atoms with van der Waals surface area (Å²) in [6, 6.07) is 11.0. The Labute approximate surface area is 135 Å². The first-order chi connectivity index (χ1) is 9.95. The Kier molecular flexibility index (Phi) is 5.48. The van der Waals surface area contributed by atoms with Crippen LogP contribution < -0.4 is 10.2 Å². The largest absolute Gasteiger partial charge is 0.464 e. The van der Waals surface area contributed by atoms with Crippen molar-refractivity contribution in [2.45, 2.75) is 39.9 Å². The molecule has 1 aromatic carbocycles. The van der Waals surface area contributed by atoms with E-state index >= 15 is 0 Å². The van der Waals surface area contributed by atoms with Crippen molar-refractivity contribution in [1.29, 1.82) is 0 Å². The lowest BCUT2D eigenvalue weighted by Gasteiger charge is -2.20. The van der Waals surface area contributed by atoms with Crippen LogP contribution in [0.2, 0.25) is 0 Å². The van der Waals surface area contributed by atoms with Gasteiger partial charge in [0.2, 0.25) is 0 Å². The normalized spacial score (nSPS) is 11.1. The molecule has 0 spiro atoms. The Hall–Kier alpha value is -1.26. The summed E-state index contributed by atoms with van der Waals surface area (Å²) in [6.07, 6.45) is 0. The van der Waals surface area contributed by atoms with Crippen LogP contribution in [0.15, 0.2) is 39.2 Å². The summed E-state index contributed by atoms with van der Waals surface area (Å²) in [5.41, 5.74) is 2.44. The Balaban J connectivity index is 2.05. The molecular weight excluding hydrogens is 328 g/mol. The lowest BCUT2D eigenvalue weighted by molar-refractivity contribution is 0.481. The molecule has 0 aliphatic heterocycles. The van der Waals surface area contributed by atoms with Gasteiger partial charge in [0.15, 0.2) is 0 Å². The zero-order valence-electron chi connectivity index (χ0n) is 13.1. The highest BCUT2D eigenvalue weighted by molar-refractivity contribution is 9.10. The Morgan fingerprint density at radius 1 is 1.24 bits per heavy atom. The summed E-state index contributed by atoms with van der Waals surface area (Å²) in [6.45, 7) is 7.93. The molecule has 4 heteroatoms. The van der Waals surface area contributed by atoms with Gasteiger partial charge in [0.05, 0.1) is 12.2 Å². The summed E-state index contributed by atoms with van der Waals surface area (Å²) >= 11 is 3.67. The summed E-state index contributed by atoms with van der Waals surface area (Å²) in [5.74, 6) is 1.93. The van der Waals surface area contributed by atoms with E-state index in [-0.39, 0.29) is 0 Å². The molecule has 0 aliphatic rings. The molecule has 1 aromatic heterocycles. The molecule has 0 unspecified atom stereocenters. The molecule has 2 aromatic rings. The number of benzene rings is 1. The second-order valence-corrected chi connectivity index (χ2v) is 6.54. The van der Waals surface area contributed by atoms with Crippen LogP contribution in [0.5, 0.6) is 0 Å². The van der Waals surface area contributed by atoms with Gasteiger partial charge in [0, 0.05) is 24.1 Å². The maximum Gasteiger partial charge on any atom is 0.123 e. The maximum atomic E-state index is 5.64. The lowest BCUT2D eigenvalue weighted by Crippen LogP contribution is -2.22. The summed E-state index contributed by atoms with van der Waals surface area (Å²) < 4.78 is 6.74. The van der Waals surface area contributed by atoms with Gasteiger partial charge < -0.3 is 14.6 Å². The van der Waals surface area contributed by atoms with Gasteiger partial charge in [-0.1, -0.05) is 19.9 Å². The molecule has 2 rings (SSSR count). The van der Waals surface area contributed by atoms with Crippen LogP contribution in [0.25, 0.3) is 0 Å². The predicted molar refractivity (Wildman–Crippen MR) is 91.7 cm³/mol. The predicted octanol–water partition coefficient (Wildman–Crippen LogP) is 4.48. The van der Waals surface area contributed by atoms with Crippen LogP contribution in [0.4, 0.5) is 5.69 Å². The van der Waals surface area contributed by atoms with Gasteiger partial charge in [-0.2, -0.15) is 0 Å². The molecule has 0 atom stereocenters. The summed E-state index contributed by atoms with van der Waals surface area (Å²) in [4.78, 5) is 2.18. The molecule has 1 N–H and O–H groups in total. The van der Waals surface area contributed by atoms with Crippen LogP contribution in [0.3, 0.4) is 0 Å². The number of nitrogens with one attached hydrogen (secondary N) is 1. The SMILES string of the molecule is Cc1ccc(CN(C)c2ccc(CNC(C)C)cc2Br)o1. The van der Waals surface area contributed by atoms with Gasteiger partial charge >= 0.3 is 0 Å². The molecule has 21 heavy (non-hydrogen) atoms. The van der Waals surface area contributed by atoms with Crippen molar-refractivity contribution < 1.29 is 4.42 Å². The average molecular weight is 351 g/mol. The Morgan fingerprint density at radius 2 is 2.00 bits per heavy atom. The Morgan fingerprint density at radius 3 is 2.57 bits per heavy atom. The fraction of sp³-hybridized carbons (Fsp3) is 0.412. The van der Waals surface area contributed by atoms with Crippen LogP contribution in [-0.2, 0) is 13.1 Å². The summed E-state index contributed by atoms with van der Waals surface area (Å²) in [5, 5.41) is 3.43. The molecular formula is C17H23BrN2O. The number of rotatable bonds is 6. The first-order valence-electron chi connectivity index (χ1n) is 7.24. The van der Waals surface area contributed by atoms with E-state index in [0.29, 0.717) is 6.04 Å². The minimum Gasteiger partial charge on any atom is -0.464 e. The van der Waals surface area contributed by atoms with Gasteiger partial charge in [0.25, 0.3) is 0 Å². The quantitative estimate of drug-likeness (QED) is 0.832. The van der Waals surface area contributed by atoms with Gasteiger partial charge in [-0.15, -0.1) is 0 Å². The number of hydrogen-bond acceptors (Lipinski definition) is 3. The van der Waals surface area contributed by atoms with Crippen molar-refractivity contribution in [3.63, 3.8) is 0 Å². The third kappa shape index (κ3) is 4.61. The van der Waals surface area contributed by atoms with Crippen molar-refractivity contribution in [2.75, 3.05) is 11.9 Å². The van der Waals surface area contributed by atoms with E-state index in [1.165, 1.54) is 5.56 Å². The van der Waals surface area contributed by atoms with Crippen molar-refractivity contribution in [3.05, 3.63) is 51.9 Å². The summed E-state index contributed by atoms with van der Waals surface area (Å²) in [7, 11) is 2.07. The minimum absolute atomic E-state index is 0.494. The lowest BCUT2D eigenvalue weighted by atomic mass is 10.2. The van der Waals surface area contributed by atoms with E-state index in [1.54, 1.807) is 0 Å². The average Bonchev–Trinajstić information content (AvgIpc) is 2.81. The van der Waals surface area contributed by atoms with E-state index in [2.05, 4.69) is 65.2 Å². The first-order valence-corrected chi connectivity index (χ1v) is 8.03. The number of aryl methyl sites for hydroxylation is 1. The second-order valence-electron chi connectivity index (χ2n) is 5.69. The highest BCUT2D eigenvalue weighted by atomic mass is 79.9. The fourth-order valence-electron chi connectivity index (χ4n) is 2.18. The molecule has 3 nitrogen and oxygen atoms in total. The van der Waals surface area contributed by atoms with Crippen LogP contribution in [0, 0.1) is 6.92 Å². The highest BCUT2D eigenvalue weighted by Gasteiger charge is 2.09. The molecule has 1 heterocycles. The smallest absolute Gasteiger partial charge is 0.123 e. The van der Waals surface area contributed by atoms with E-state index in [1.807, 2.05) is 19.1 Å². The maximum absolute atomic E-state index is 5.64. The van der Waals surface area contributed by atoms with Crippen molar-refractivity contribution >= 4 is 21.6 Å². The molecule has 0 fully saturated rings. The zero-order valence-corrected chi connectivity index (χ0v) is 14.7.